The van der Waals surface area contributed by atoms with E-state index in [9.17, 15) is 9.59 Å². The fourth-order valence-corrected chi connectivity index (χ4v) is 4.16. The van der Waals surface area contributed by atoms with Crippen molar-refractivity contribution in [3.05, 3.63) is 83.9 Å². The molecule has 1 atom stereocenters. The van der Waals surface area contributed by atoms with Crippen LogP contribution in [-0.4, -0.2) is 27.7 Å². The summed E-state index contributed by atoms with van der Waals surface area (Å²) < 4.78 is 0. The zero-order valence-electron chi connectivity index (χ0n) is 16.3. The number of aromatic nitrogens is 1. The number of nitrogens with one attached hydrogen (secondary N) is 1. The molecule has 0 radical (unpaired) electrons. The van der Waals surface area contributed by atoms with Gasteiger partial charge in [0, 0.05) is 47.8 Å². The van der Waals surface area contributed by atoms with Gasteiger partial charge < -0.3 is 4.90 Å². The molecule has 1 aromatic heterocycles. The van der Waals surface area contributed by atoms with Gasteiger partial charge in [-0.25, -0.2) is 0 Å². The average Bonchev–Trinajstić information content (AvgIpc) is 3.06. The van der Waals surface area contributed by atoms with Crippen LogP contribution in [0.5, 0.6) is 0 Å². The summed E-state index contributed by atoms with van der Waals surface area (Å²) in [6, 6.07) is 9.80. The standard InChI is InChI=1S/C24H23N3O2/c1-3-17(19-7-5-13-25-14-19)9-10-18-6-4-8-20-16(2)27(15-21(18)20)22-11-12-23(28)26-24(22)29/h4-8,13-14,22H,1-2,9-12,15H2,(H,26,28,29). The van der Waals surface area contributed by atoms with Crippen molar-refractivity contribution in [1.82, 2.24) is 15.2 Å². The van der Waals surface area contributed by atoms with Gasteiger partial charge >= 0.3 is 0 Å². The monoisotopic (exact) mass is 385 g/mol. The average molecular weight is 385 g/mol. The number of aryl methyl sites for hydroxylation is 1. The normalized spacial score (nSPS) is 18.3. The third-order valence-electron chi connectivity index (χ3n) is 5.71. The van der Waals surface area contributed by atoms with E-state index in [1.54, 1.807) is 6.20 Å². The highest BCUT2D eigenvalue weighted by molar-refractivity contribution is 6.01. The maximum atomic E-state index is 12.3. The largest absolute Gasteiger partial charge is 0.355 e. The first-order valence-corrected chi connectivity index (χ1v) is 9.78. The summed E-state index contributed by atoms with van der Waals surface area (Å²) in [6.07, 6.45) is 6.11. The Morgan fingerprint density at radius 3 is 2.86 bits per heavy atom. The van der Waals surface area contributed by atoms with Crippen molar-refractivity contribution in [2.24, 2.45) is 0 Å². The maximum absolute atomic E-state index is 12.3. The van der Waals surface area contributed by atoms with Crippen molar-refractivity contribution in [1.29, 1.82) is 0 Å². The summed E-state index contributed by atoms with van der Waals surface area (Å²) in [5, 5.41) is 2.45. The van der Waals surface area contributed by atoms with Crippen LogP contribution in [0.2, 0.25) is 0 Å². The molecule has 1 fully saturated rings. The highest BCUT2D eigenvalue weighted by atomic mass is 16.2. The van der Waals surface area contributed by atoms with Gasteiger partial charge in [-0.2, -0.15) is 0 Å². The molecule has 1 saturated heterocycles. The molecular formula is C24H23N3O2. The number of imide groups is 1. The first-order chi connectivity index (χ1) is 14.1. The Morgan fingerprint density at radius 1 is 1.28 bits per heavy atom. The van der Waals surface area contributed by atoms with Gasteiger partial charge in [0.2, 0.25) is 11.8 Å². The molecule has 0 bridgehead atoms. The maximum Gasteiger partial charge on any atom is 0.249 e. The van der Waals surface area contributed by atoms with Crippen molar-refractivity contribution in [3.63, 3.8) is 0 Å². The molecule has 2 aromatic rings. The van der Waals surface area contributed by atoms with Crippen LogP contribution >= 0.6 is 0 Å². The van der Waals surface area contributed by atoms with Gasteiger partial charge in [0.15, 0.2) is 0 Å². The summed E-state index contributed by atoms with van der Waals surface area (Å²) in [5.74, 6) is -0.432. The second-order valence-electron chi connectivity index (χ2n) is 7.38. The smallest absolute Gasteiger partial charge is 0.249 e. The third-order valence-corrected chi connectivity index (χ3v) is 5.71. The summed E-state index contributed by atoms with van der Waals surface area (Å²) in [7, 11) is 0. The number of amides is 2. The summed E-state index contributed by atoms with van der Waals surface area (Å²) >= 11 is 0. The number of pyridine rings is 1. The molecule has 146 valence electrons. The van der Waals surface area contributed by atoms with Gasteiger partial charge in [0.1, 0.15) is 6.04 Å². The first-order valence-electron chi connectivity index (χ1n) is 9.78. The quantitative estimate of drug-likeness (QED) is 0.632. The van der Waals surface area contributed by atoms with Crippen molar-refractivity contribution < 1.29 is 9.59 Å². The molecule has 5 nitrogen and oxygen atoms in total. The predicted molar refractivity (Wildman–Crippen MR) is 112 cm³/mol. The van der Waals surface area contributed by atoms with Gasteiger partial charge in [-0.15, -0.1) is 5.73 Å². The van der Waals surface area contributed by atoms with E-state index in [0.717, 1.165) is 35.2 Å². The molecule has 5 heteroatoms. The Labute approximate surface area is 170 Å². The zero-order valence-corrected chi connectivity index (χ0v) is 16.3. The Hall–Kier alpha value is -3.43. The second kappa shape index (κ2) is 7.90. The van der Waals surface area contributed by atoms with E-state index in [2.05, 4.69) is 41.3 Å². The number of fused-ring (bicyclic) bond motifs is 1. The molecule has 1 N–H and O–H groups in total. The number of nitrogens with zero attached hydrogens (tertiary/aromatic N) is 2. The highest BCUT2D eigenvalue weighted by Gasteiger charge is 2.36. The Bertz CT molecular complexity index is 1040. The molecular weight excluding hydrogens is 362 g/mol. The molecule has 2 amide bonds. The molecule has 1 unspecified atom stereocenters. The van der Waals surface area contributed by atoms with Crippen LogP contribution in [-0.2, 0) is 22.6 Å². The van der Waals surface area contributed by atoms with E-state index in [4.69, 9.17) is 0 Å². The van der Waals surface area contributed by atoms with Gasteiger partial charge in [-0.05, 0) is 36.5 Å². The van der Waals surface area contributed by atoms with E-state index in [-0.39, 0.29) is 17.9 Å². The van der Waals surface area contributed by atoms with Crippen LogP contribution in [0.25, 0.3) is 11.3 Å². The number of carbonyl (C=O) groups excluding carboxylic acids is 2. The number of benzene rings is 1. The van der Waals surface area contributed by atoms with Gasteiger partial charge in [-0.3, -0.25) is 19.9 Å². The van der Waals surface area contributed by atoms with Crippen LogP contribution in [0.15, 0.2) is 61.6 Å². The van der Waals surface area contributed by atoms with E-state index < -0.39 is 0 Å². The molecule has 0 aliphatic carbocycles. The fraction of sp³-hybridized carbons (Fsp3) is 0.250. The summed E-state index contributed by atoms with van der Waals surface area (Å²) in [6.45, 7) is 8.70. The first kappa shape index (κ1) is 18.9. The minimum atomic E-state index is -0.348. The minimum absolute atomic E-state index is 0.201. The number of rotatable bonds is 5. The van der Waals surface area contributed by atoms with Crippen LogP contribution < -0.4 is 5.32 Å². The third kappa shape index (κ3) is 3.65. The van der Waals surface area contributed by atoms with E-state index in [1.807, 2.05) is 29.3 Å². The van der Waals surface area contributed by atoms with Crippen LogP contribution in [0.4, 0.5) is 0 Å². The lowest BCUT2D eigenvalue weighted by Crippen LogP contribution is -2.50. The van der Waals surface area contributed by atoms with E-state index in [0.29, 0.717) is 19.4 Å². The molecule has 29 heavy (non-hydrogen) atoms. The fourth-order valence-electron chi connectivity index (χ4n) is 4.16. The van der Waals surface area contributed by atoms with Crippen molar-refractivity contribution in [2.45, 2.75) is 38.3 Å². The van der Waals surface area contributed by atoms with Crippen molar-refractivity contribution in [2.75, 3.05) is 0 Å². The zero-order chi connectivity index (χ0) is 20.4. The van der Waals surface area contributed by atoms with Crippen LogP contribution in [0.3, 0.4) is 0 Å². The van der Waals surface area contributed by atoms with Gasteiger partial charge in [0.05, 0.1) is 0 Å². The molecule has 0 saturated carbocycles. The molecule has 1 aromatic carbocycles. The van der Waals surface area contributed by atoms with Gasteiger partial charge in [-0.1, -0.05) is 37.4 Å². The lowest BCUT2D eigenvalue weighted by molar-refractivity contribution is -0.136. The summed E-state index contributed by atoms with van der Waals surface area (Å²) in [4.78, 5) is 30.0. The molecule has 3 heterocycles. The number of allylic oxidation sites excluding steroid dienone is 1. The molecule has 2 aliphatic rings. The Kier molecular flexibility index (Phi) is 5.15. The lowest BCUT2D eigenvalue weighted by atomic mass is 9.95. The molecule has 4 rings (SSSR count). The predicted octanol–water partition coefficient (Wildman–Crippen LogP) is 3.47. The lowest BCUT2D eigenvalue weighted by Gasteiger charge is -2.31. The highest BCUT2D eigenvalue weighted by Crippen LogP contribution is 2.37. The van der Waals surface area contributed by atoms with Gasteiger partial charge in [0.25, 0.3) is 0 Å². The van der Waals surface area contributed by atoms with E-state index in [1.165, 1.54) is 11.1 Å². The van der Waals surface area contributed by atoms with Crippen molar-refractivity contribution >= 4 is 23.1 Å². The van der Waals surface area contributed by atoms with E-state index >= 15 is 0 Å². The Morgan fingerprint density at radius 2 is 2.14 bits per heavy atom. The number of piperidine rings is 1. The molecule has 0 spiro atoms. The summed E-state index contributed by atoms with van der Waals surface area (Å²) in [5.41, 5.74) is 9.49. The Balaban J connectivity index is 1.53. The second-order valence-corrected chi connectivity index (χ2v) is 7.38. The molecule has 2 aliphatic heterocycles. The van der Waals surface area contributed by atoms with Crippen molar-refractivity contribution in [3.8, 4) is 0 Å². The topological polar surface area (TPSA) is 62.3 Å². The SMILES string of the molecule is C=C=C(CCc1cccc2c1CN(C1CCC(=O)NC1=O)C2=C)c1cccnc1. The number of hydrogen-bond acceptors (Lipinski definition) is 4. The number of carbonyl (C=O) groups is 2. The number of hydrogen-bond donors (Lipinski definition) is 1. The minimum Gasteiger partial charge on any atom is -0.355 e. The van der Waals surface area contributed by atoms with Crippen LogP contribution in [0.1, 0.15) is 41.5 Å². The van der Waals surface area contributed by atoms with Crippen LogP contribution in [0, 0.1) is 0 Å².